The van der Waals surface area contributed by atoms with Gasteiger partial charge in [0.15, 0.2) is 0 Å². The fourth-order valence-electron chi connectivity index (χ4n) is 2.20. The second-order valence-electron chi connectivity index (χ2n) is 4.99. The molecule has 0 unspecified atom stereocenters. The van der Waals surface area contributed by atoms with E-state index in [-0.39, 0.29) is 11.8 Å². The largest absolute Gasteiger partial charge is 0.381 e. The first-order chi connectivity index (χ1) is 7.26. The van der Waals surface area contributed by atoms with E-state index in [4.69, 9.17) is 4.74 Å². The van der Waals surface area contributed by atoms with Gasteiger partial charge < -0.3 is 10.1 Å². The summed E-state index contributed by atoms with van der Waals surface area (Å²) in [7, 11) is 0. The van der Waals surface area contributed by atoms with Gasteiger partial charge in [0, 0.05) is 13.2 Å². The van der Waals surface area contributed by atoms with E-state index >= 15 is 0 Å². The third-order valence-electron chi connectivity index (χ3n) is 3.88. The highest BCUT2D eigenvalue weighted by atomic mass is 16.5. The summed E-state index contributed by atoms with van der Waals surface area (Å²) in [5.74, 6) is 0.306. The molecule has 1 N–H and O–H groups in total. The normalized spacial score (nSPS) is 28.5. The van der Waals surface area contributed by atoms with Crippen LogP contribution in [0.2, 0.25) is 0 Å². The minimum Gasteiger partial charge on any atom is -0.381 e. The van der Waals surface area contributed by atoms with Crippen molar-refractivity contribution >= 4 is 5.91 Å². The zero-order valence-electron chi connectivity index (χ0n) is 9.55. The van der Waals surface area contributed by atoms with Crippen LogP contribution in [0.25, 0.3) is 0 Å². The molecule has 2 rings (SSSR count). The van der Waals surface area contributed by atoms with E-state index < -0.39 is 0 Å². The summed E-state index contributed by atoms with van der Waals surface area (Å²) in [6, 6.07) is 0. The zero-order chi connectivity index (χ0) is 10.7. The third-order valence-corrected chi connectivity index (χ3v) is 3.88. The summed E-state index contributed by atoms with van der Waals surface area (Å²) in [5.41, 5.74) is 0.450. The van der Waals surface area contributed by atoms with E-state index in [2.05, 4.69) is 12.2 Å². The predicted octanol–water partition coefficient (Wildman–Crippen LogP) is 1.72. The molecule has 1 saturated carbocycles. The van der Waals surface area contributed by atoms with Crippen molar-refractivity contribution in [1.82, 2.24) is 5.32 Å². The van der Waals surface area contributed by atoms with Gasteiger partial charge in [0.1, 0.15) is 0 Å². The van der Waals surface area contributed by atoms with Crippen LogP contribution >= 0.6 is 0 Å². The van der Waals surface area contributed by atoms with Crippen molar-refractivity contribution in [1.29, 1.82) is 0 Å². The first-order valence-electron chi connectivity index (χ1n) is 6.11. The highest BCUT2D eigenvalue weighted by Crippen LogP contribution is 2.47. The lowest BCUT2D eigenvalue weighted by Gasteiger charge is -2.22. The first kappa shape index (κ1) is 10.9. The fraction of sp³-hybridized carbons (Fsp3) is 0.917. The maximum Gasteiger partial charge on any atom is 0.225 e. The number of hydrogen-bond donors (Lipinski definition) is 1. The standard InChI is InChI=1S/C12H21NO2/c1-2-12(5-6-12)9-13-11(14)10-4-3-7-15-8-10/h10H,2-9H2,1H3,(H,13,14)/t10-/m1/s1. The van der Waals surface area contributed by atoms with E-state index in [1.807, 2.05) is 0 Å². The molecule has 1 aliphatic carbocycles. The summed E-state index contributed by atoms with van der Waals surface area (Å²) >= 11 is 0. The molecule has 3 heteroatoms. The van der Waals surface area contributed by atoms with Gasteiger partial charge >= 0.3 is 0 Å². The molecule has 0 aromatic carbocycles. The van der Waals surface area contributed by atoms with Crippen molar-refractivity contribution < 1.29 is 9.53 Å². The maximum absolute atomic E-state index is 11.8. The average Bonchev–Trinajstić information content (AvgIpc) is 3.08. The van der Waals surface area contributed by atoms with Gasteiger partial charge in [-0.15, -0.1) is 0 Å². The fourth-order valence-corrected chi connectivity index (χ4v) is 2.20. The average molecular weight is 211 g/mol. The molecule has 1 atom stereocenters. The number of hydrogen-bond acceptors (Lipinski definition) is 2. The maximum atomic E-state index is 11.8. The molecule has 1 amide bonds. The van der Waals surface area contributed by atoms with Gasteiger partial charge in [0.05, 0.1) is 12.5 Å². The van der Waals surface area contributed by atoms with Crippen LogP contribution in [0.5, 0.6) is 0 Å². The van der Waals surface area contributed by atoms with Crippen molar-refractivity contribution in [2.45, 2.75) is 39.0 Å². The number of ether oxygens (including phenoxy) is 1. The highest BCUT2D eigenvalue weighted by molar-refractivity contribution is 5.78. The van der Waals surface area contributed by atoms with E-state index in [9.17, 15) is 4.79 Å². The summed E-state index contributed by atoms with van der Waals surface area (Å²) in [6.07, 6.45) is 5.77. The molecule has 0 radical (unpaired) electrons. The van der Waals surface area contributed by atoms with Crippen LogP contribution < -0.4 is 5.32 Å². The lowest BCUT2D eigenvalue weighted by atomic mass is 10.00. The van der Waals surface area contributed by atoms with E-state index in [0.29, 0.717) is 12.0 Å². The lowest BCUT2D eigenvalue weighted by Crippen LogP contribution is -2.38. The molecular formula is C12H21NO2. The molecule has 2 aliphatic rings. The molecular weight excluding hydrogens is 190 g/mol. The van der Waals surface area contributed by atoms with E-state index in [1.54, 1.807) is 0 Å². The predicted molar refractivity (Wildman–Crippen MR) is 58.5 cm³/mol. The second-order valence-corrected chi connectivity index (χ2v) is 4.99. The molecule has 0 spiro atoms. The topological polar surface area (TPSA) is 38.3 Å². The van der Waals surface area contributed by atoms with Crippen molar-refractivity contribution in [3.8, 4) is 0 Å². The Morgan fingerprint density at radius 3 is 2.87 bits per heavy atom. The van der Waals surface area contributed by atoms with Crippen LogP contribution in [-0.2, 0) is 9.53 Å². The van der Waals surface area contributed by atoms with Gasteiger partial charge in [-0.1, -0.05) is 6.92 Å². The van der Waals surface area contributed by atoms with Crippen LogP contribution in [0.15, 0.2) is 0 Å². The molecule has 15 heavy (non-hydrogen) atoms. The minimum absolute atomic E-state index is 0.103. The Kier molecular flexibility index (Phi) is 3.29. The Balaban J connectivity index is 1.72. The Labute approximate surface area is 91.6 Å². The molecule has 3 nitrogen and oxygen atoms in total. The van der Waals surface area contributed by atoms with Crippen LogP contribution in [-0.4, -0.2) is 25.7 Å². The number of carbonyl (C=O) groups excluding carboxylic acids is 1. The second kappa shape index (κ2) is 4.52. The minimum atomic E-state index is 0.103. The van der Waals surface area contributed by atoms with E-state index in [1.165, 1.54) is 19.3 Å². The van der Waals surface area contributed by atoms with Gasteiger partial charge in [-0.2, -0.15) is 0 Å². The van der Waals surface area contributed by atoms with Crippen molar-refractivity contribution in [2.24, 2.45) is 11.3 Å². The van der Waals surface area contributed by atoms with Crippen molar-refractivity contribution in [2.75, 3.05) is 19.8 Å². The molecule has 1 saturated heterocycles. The summed E-state index contributed by atoms with van der Waals surface area (Å²) < 4.78 is 5.32. The van der Waals surface area contributed by atoms with Gasteiger partial charge in [-0.3, -0.25) is 4.79 Å². The van der Waals surface area contributed by atoms with Crippen LogP contribution in [0.3, 0.4) is 0 Å². The molecule has 1 aliphatic heterocycles. The number of rotatable bonds is 4. The SMILES string of the molecule is CCC1(CNC(=O)[C@@H]2CCCOC2)CC1. The zero-order valence-corrected chi connectivity index (χ0v) is 9.55. The Hall–Kier alpha value is -0.570. The first-order valence-corrected chi connectivity index (χ1v) is 6.11. The summed E-state index contributed by atoms with van der Waals surface area (Å²) in [4.78, 5) is 11.8. The van der Waals surface area contributed by atoms with Crippen molar-refractivity contribution in [3.05, 3.63) is 0 Å². The van der Waals surface area contributed by atoms with Crippen LogP contribution in [0, 0.1) is 11.3 Å². The number of amides is 1. The van der Waals surface area contributed by atoms with Gasteiger partial charge in [-0.25, -0.2) is 0 Å². The molecule has 2 fully saturated rings. The Morgan fingerprint density at radius 1 is 1.53 bits per heavy atom. The monoisotopic (exact) mass is 211 g/mol. The number of carbonyl (C=O) groups is 1. The summed E-state index contributed by atoms with van der Waals surface area (Å²) in [5, 5.41) is 3.09. The number of nitrogens with one attached hydrogen (secondary N) is 1. The van der Waals surface area contributed by atoms with E-state index in [0.717, 1.165) is 26.0 Å². The molecule has 0 aromatic rings. The van der Waals surface area contributed by atoms with Gasteiger partial charge in [0.25, 0.3) is 0 Å². The van der Waals surface area contributed by atoms with Crippen LogP contribution in [0.1, 0.15) is 39.0 Å². The van der Waals surface area contributed by atoms with Crippen molar-refractivity contribution in [3.63, 3.8) is 0 Å². The third kappa shape index (κ3) is 2.71. The highest BCUT2D eigenvalue weighted by Gasteiger charge is 2.41. The molecule has 0 bridgehead atoms. The van der Waals surface area contributed by atoms with Crippen LogP contribution in [0.4, 0.5) is 0 Å². The van der Waals surface area contributed by atoms with Gasteiger partial charge in [-0.05, 0) is 37.5 Å². The smallest absolute Gasteiger partial charge is 0.225 e. The van der Waals surface area contributed by atoms with Gasteiger partial charge in [0.2, 0.25) is 5.91 Å². The molecule has 86 valence electrons. The molecule has 0 aromatic heterocycles. The Morgan fingerprint density at radius 2 is 2.33 bits per heavy atom. The molecule has 1 heterocycles. The Bertz CT molecular complexity index is 230. The lowest BCUT2D eigenvalue weighted by molar-refractivity contribution is -0.129. The summed E-state index contributed by atoms with van der Waals surface area (Å²) in [6.45, 7) is 4.52. The quantitative estimate of drug-likeness (QED) is 0.769.